The normalized spacial score (nSPS) is 18.0. The summed E-state index contributed by atoms with van der Waals surface area (Å²) in [5.74, 6) is 2.01. The summed E-state index contributed by atoms with van der Waals surface area (Å²) in [7, 11) is 0. The van der Waals surface area contributed by atoms with Crippen LogP contribution in [0.4, 0.5) is 5.82 Å². The molecule has 0 bridgehead atoms. The van der Waals surface area contributed by atoms with Crippen molar-refractivity contribution in [1.29, 1.82) is 0 Å². The number of nitrogens with zero attached hydrogens (tertiary/aromatic N) is 1. The SMILES string of the molecule is CC(C)/C=C/CC1=CCC(CNc2n[nH]c(=O)c3ccccc23)CC1. The van der Waals surface area contributed by atoms with Gasteiger partial charge in [0.25, 0.3) is 5.56 Å². The van der Waals surface area contributed by atoms with E-state index in [9.17, 15) is 4.79 Å². The number of aromatic nitrogens is 2. The number of H-pyrrole nitrogens is 1. The van der Waals surface area contributed by atoms with E-state index in [1.54, 1.807) is 5.57 Å². The van der Waals surface area contributed by atoms with Crippen LogP contribution in [0, 0.1) is 11.8 Å². The zero-order valence-electron chi connectivity index (χ0n) is 15.1. The van der Waals surface area contributed by atoms with Gasteiger partial charge in [0.1, 0.15) is 0 Å². The minimum Gasteiger partial charge on any atom is -0.368 e. The van der Waals surface area contributed by atoms with Gasteiger partial charge in [-0.15, -0.1) is 0 Å². The Bertz CT molecular complexity index is 832. The molecule has 25 heavy (non-hydrogen) atoms. The van der Waals surface area contributed by atoms with E-state index in [1.807, 2.05) is 24.3 Å². The number of rotatable bonds is 6. The van der Waals surface area contributed by atoms with Crippen LogP contribution in [0.1, 0.15) is 39.5 Å². The third kappa shape index (κ3) is 4.59. The molecule has 132 valence electrons. The second-order valence-corrected chi connectivity index (χ2v) is 7.21. The highest BCUT2D eigenvalue weighted by Crippen LogP contribution is 2.26. The zero-order chi connectivity index (χ0) is 17.6. The molecule has 0 saturated heterocycles. The molecular formula is C21H27N3O. The molecule has 4 nitrogen and oxygen atoms in total. The molecule has 1 aliphatic carbocycles. The number of fused-ring (bicyclic) bond motifs is 1. The summed E-state index contributed by atoms with van der Waals surface area (Å²) < 4.78 is 0. The summed E-state index contributed by atoms with van der Waals surface area (Å²) in [5, 5.41) is 11.8. The highest BCUT2D eigenvalue weighted by atomic mass is 16.1. The Morgan fingerprint density at radius 2 is 2.12 bits per heavy atom. The maximum absolute atomic E-state index is 11.8. The number of anilines is 1. The molecular weight excluding hydrogens is 310 g/mol. The molecule has 1 unspecified atom stereocenters. The van der Waals surface area contributed by atoms with Gasteiger partial charge in [0.05, 0.1) is 5.39 Å². The van der Waals surface area contributed by atoms with E-state index in [0.29, 0.717) is 17.2 Å². The van der Waals surface area contributed by atoms with Gasteiger partial charge < -0.3 is 5.32 Å². The van der Waals surface area contributed by atoms with Gasteiger partial charge in [-0.25, -0.2) is 5.10 Å². The minimum atomic E-state index is -0.138. The number of allylic oxidation sites excluding steroid dienone is 4. The van der Waals surface area contributed by atoms with Crippen LogP contribution >= 0.6 is 0 Å². The molecule has 1 aliphatic rings. The lowest BCUT2D eigenvalue weighted by Gasteiger charge is -2.22. The summed E-state index contributed by atoms with van der Waals surface area (Å²) in [6, 6.07) is 7.60. The molecule has 1 atom stereocenters. The molecule has 4 heteroatoms. The van der Waals surface area contributed by atoms with Crippen LogP contribution in [-0.4, -0.2) is 16.7 Å². The van der Waals surface area contributed by atoms with Crippen molar-refractivity contribution < 1.29 is 0 Å². The quantitative estimate of drug-likeness (QED) is 0.754. The maximum Gasteiger partial charge on any atom is 0.272 e. The predicted octanol–water partition coefficient (Wildman–Crippen LogP) is 4.66. The van der Waals surface area contributed by atoms with Crippen LogP contribution in [0.3, 0.4) is 0 Å². The lowest BCUT2D eigenvalue weighted by Crippen LogP contribution is -2.19. The van der Waals surface area contributed by atoms with E-state index in [1.165, 1.54) is 12.8 Å². The van der Waals surface area contributed by atoms with Crippen molar-refractivity contribution in [3.05, 3.63) is 58.4 Å². The summed E-state index contributed by atoms with van der Waals surface area (Å²) in [4.78, 5) is 11.8. The van der Waals surface area contributed by atoms with Crippen molar-refractivity contribution in [3.8, 4) is 0 Å². The van der Waals surface area contributed by atoms with Gasteiger partial charge in [-0.2, -0.15) is 5.10 Å². The first kappa shape index (κ1) is 17.5. The number of hydrogen-bond acceptors (Lipinski definition) is 3. The third-order valence-corrected chi connectivity index (χ3v) is 4.77. The van der Waals surface area contributed by atoms with E-state index < -0.39 is 0 Å². The summed E-state index contributed by atoms with van der Waals surface area (Å²) in [6.45, 7) is 5.30. The Kier molecular flexibility index (Phi) is 5.69. The van der Waals surface area contributed by atoms with Crippen molar-refractivity contribution in [1.82, 2.24) is 10.2 Å². The van der Waals surface area contributed by atoms with Crippen LogP contribution in [0.15, 0.2) is 52.9 Å². The minimum absolute atomic E-state index is 0.138. The van der Waals surface area contributed by atoms with Gasteiger partial charge in [0, 0.05) is 11.9 Å². The number of hydrogen-bond donors (Lipinski definition) is 2. The van der Waals surface area contributed by atoms with Gasteiger partial charge in [-0.05, 0) is 43.6 Å². The second kappa shape index (κ2) is 8.15. The molecule has 0 saturated carbocycles. The smallest absolute Gasteiger partial charge is 0.272 e. The highest BCUT2D eigenvalue weighted by molar-refractivity contribution is 5.90. The third-order valence-electron chi connectivity index (χ3n) is 4.77. The molecule has 0 aliphatic heterocycles. The van der Waals surface area contributed by atoms with Crippen LogP contribution in [-0.2, 0) is 0 Å². The highest BCUT2D eigenvalue weighted by Gasteiger charge is 2.15. The van der Waals surface area contributed by atoms with Gasteiger partial charge in [0.2, 0.25) is 0 Å². The molecule has 2 N–H and O–H groups in total. The fourth-order valence-electron chi connectivity index (χ4n) is 3.30. The first-order valence-corrected chi connectivity index (χ1v) is 9.19. The first-order valence-electron chi connectivity index (χ1n) is 9.19. The fourth-order valence-corrected chi connectivity index (χ4v) is 3.30. The van der Waals surface area contributed by atoms with Crippen molar-refractivity contribution in [3.63, 3.8) is 0 Å². The summed E-state index contributed by atoms with van der Waals surface area (Å²) >= 11 is 0. The van der Waals surface area contributed by atoms with Crippen molar-refractivity contribution >= 4 is 16.6 Å². The molecule has 1 heterocycles. The van der Waals surface area contributed by atoms with Crippen LogP contribution in [0.5, 0.6) is 0 Å². The Hall–Kier alpha value is -2.36. The molecule has 1 aromatic carbocycles. The first-order chi connectivity index (χ1) is 12.1. The van der Waals surface area contributed by atoms with Gasteiger partial charge in [-0.3, -0.25) is 4.79 Å². The Morgan fingerprint density at radius 1 is 1.32 bits per heavy atom. The van der Waals surface area contributed by atoms with E-state index in [4.69, 9.17) is 0 Å². The number of aromatic amines is 1. The van der Waals surface area contributed by atoms with Crippen molar-refractivity contribution in [2.45, 2.75) is 39.5 Å². The van der Waals surface area contributed by atoms with E-state index >= 15 is 0 Å². The van der Waals surface area contributed by atoms with E-state index in [0.717, 1.165) is 30.6 Å². The van der Waals surface area contributed by atoms with Crippen molar-refractivity contribution in [2.75, 3.05) is 11.9 Å². The number of benzene rings is 1. The van der Waals surface area contributed by atoms with Crippen molar-refractivity contribution in [2.24, 2.45) is 11.8 Å². The second-order valence-electron chi connectivity index (χ2n) is 7.21. The van der Waals surface area contributed by atoms with E-state index in [2.05, 4.69) is 47.6 Å². The number of nitrogens with one attached hydrogen (secondary N) is 2. The standard InChI is InChI=1S/C21H27N3O/c1-15(2)6-5-7-16-10-12-17(13-11-16)14-22-20-18-8-3-4-9-19(18)21(25)24-23-20/h3-6,8-10,15,17H,7,11-14H2,1-2H3,(H,22,23)(H,24,25)/b6-5+. The maximum atomic E-state index is 11.8. The molecule has 0 fully saturated rings. The van der Waals surface area contributed by atoms with Crippen LogP contribution in [0.2, 0.25) is 0 Å². The average molecular weight is 337 g/mol. The molecule has 2 aromatic rings. The van der Waals surface area contributed by atoms with Gasteiger partial charge in [-0.1, -0.05) is 55.8 Å². The lowest BCUT2D eigenvalue weighted by atomic mass is 9.88. The fraction of sp³-hybridized carbons (Fsp3) is 0.429. The zero-order valence-corrected chi connectivity index (χ0v) is 15.1. The molecule has 0 spiro atoms. The molecule has 0 radical (unpaired) electrons. The molecule has 1 aromatic heterocycles. The van der Waals surface area contributed by atoms with Gasteiger partial charge in [0.15, 0.2) is 5.82 Å². The Labute approximate surface area is 149 Å². The lowest BCUT2D eigenvalue weighted by molar-refractivity contribution is 0.489. The monoisotopic (exact) mass is 337 g/mol. The average Bonchev–Trinajstić information content (AvgIpc) is 2.62. The van der Waals surface area contributed by atoms with Gasteiger partial charge >= 0.3 is 0 Å². The molecule has 3 rings (SSSR count). The predicted molar refractivity (Wildman–Crippen MR) is 105 cm³/mol. The van der Waals surface area contributed by atoms with Crippen LogP contribution in [0.25, 0.3) is 10.8 Å². The molecule has 0 amide bonds. The Morgan fingerprint density at radius 3 is 2.84 bits per heavy atom. The largest absolute Gasteiger partial charge is 0.368 e. The van der Waals surface area contributed by atoms with E-state index in [-0.39, 0.29) is 5.56 Å². The topological polar surface area (TPSA) is 57.8 Å². The Balaban J connectivity index is 1.58. The summed E-state index contributed by atoms with van der Waals surface area (Å²) in [6.07, 6.45) is 11.6. The summed E-state index contributed by atoms with van der Waals surface area (Å²) in [5.41, 5.74) is 1.42. The van der Waals surface area contributed by atoms with Crippen LogP contribution < -0.4 is 10.9 Å².